The first-order valence-electron chi connectivity index (χ1n) is 1.32. The fourth-order valence-electron chi connectivity index (χ4n) is 0. The van der Waals surface area contributed by atoms with Gasteiger partial charge in [0.1, 0.15) is 1.37 Å². The monoisotopic (exact) mass is 77.0 g/mol. The van der Waals surface area contributed by atoms with Gasteiger partial charge in [0.2, 0.25) is 0 Å². The number of carbonyl (C=O) groups is 1. The Morgan fingerprint density at radius 3 is 2.75 bits per heavy atom. The Morgan fingerprint density at radius 1 is 2.50 bits per heavy atom. The second-order valence-corrected chi connectivity index (χ2v) is 0.862. The van der Waals surface area contributed by atoms with Gasteiger partial charge in [-0.3, -0.25) is 4.79 Å². The molecule has 0 aromatic rings. The molecule has 0 unspecified atom stereocenters. The molecule has 0 saturated heterocycles. The molecule has 0 heterocycles. The molecule has 0 atom stereocenters. The summed E-state index contributed by atoms with van der Waals surface area (Å²) in [5, 5.41) is 0. The average Bonchev–Trinajstić information content (AvgIpc) is 1.38. The molecule has 24 valence electrons. The van der Waals surface area contributed by atoms with Gasteiger partial charge in [-0.2, -0.15) is 0 Å². The molecule has 0 amide bonds. The first-order chi connectivity index (χ1) is 2.27. The van der Waals surface area contributed by atoms with Crippen LogP contribution in [-0.2, 0) is 4.79 Å². The summed E-state index contributed by atoms with van der Waals surface area (Å²) >= 11 is 0.907. The van der Waals surface area contributed by atoms with Crippen LogP contribution < -0.4 is 0 Å². The topological polar surface area (TPSA) is 17.1 Å². The Balaban J connectivity index is 2.85. The highest BCUT2D eigenvalue weighted by Crippen LogP contribution is 1.74. The van der Waals surface area contributed by atoms with E-state index < -0.39 is 5.59 Å². The highest BCUT2D eigenvalue weighted by atomic mass is 32.2. The van der Waals surface area contributed by atoms with E-state index in [0.29, 0.717) is 0 Å². The summed E-state index contributed by atoms with van der Waals surface area (Å²) in [6.45, 7) is 0. The molecule has 1 nitrogen and oxygen atoms in total. The van der Waals surface area contributed by atoms with Crippen LogP contribution in [0.4, 0.5) is 0 Å². The lowest BCUT2D eigenvalue weighted by atomic mass is 11.8. The second-order valence-electron chi connectivity index (χ2n) is 0.287. The van der Waals surface area contributed by atoms with E-state index >= 15 is 0 Å². The number of rotatable bonds is 0. The third kappa shape index (κ3) is 2.02. The standard InChI is InChI=1S/C2H4OS/c1-4-2-3/h2H,1H3/i2D. The predicted molar refractivity (Wildman–Crippen MR) is 20.3 cm³/mol. The number of hydrogen-bond acceptors (Lipinski definition) is 2. The minimum Gasteiger partial charge on any atom is -0.291 e. The van der Waals surface area contributed by atoms with Gasteiger partial charge in [0, 0.05) is 0 Å². The van der Waals surface area contributed by atoms with Crippen molar-refractivity contribution in [1.29, 1.82) is 0 Å². The SMILES string of the molecule is [2H]C(=O)SC. The number of hydrogen-bond donors (Lipinski definition) is 0. The van der Waals surface area contributed by atoms with Gasteiger partial charge in [-0.15, -0.1) is 0 Å². The van der Waals surface area contributed by atoms with Crippen LogP contribution in [0.2, 0.25) is 0 Å². The van der Waals surface area contributed by atoms with Crippen molar-refractivity contribution in [2.45, 2.75) is 0 Å². The second kappa shape index (κ2) is 3.02. The molecule has 0 bridgehead atoms. The van der Waals surface area contributed by atoms with Gasteiger partial charge in [0.05, 0.1) is 0 Å². The maximum absolute atomic E-state index is 9.44. The molecule has 0 aliphatic heterocycles. The Hall–Kier alpha value is 0.0200. The van der Waals surface area contributed by atoms with Crippen molar-refractivity contribution in [1.82, 2.24) is 0 Å². The van der Waals surface area contributed by atoms with Gasteiger partial charge >= 0.3 is 0 Å². The van der Waals surface area contributed by atoms with Crippen LogP contribution in [0.3, 0.4) is 0 Å². The lowest BCUT2D eigenvalue weighted by Gasteiger charge is -1.53. The van der Waals surface area contributed by atoms with E-state index in [-0.39, 0.29) is 0 Å². The molecule has 0 aromatic carbocycles. The first kappa shape index (κ1) is 2.27. The maximum atomic E-state index is 9.44. The third-order valence-electron chi connectivity index (χ3n) is 0.0833. The molecule has 0 radical (unpaired) electrons. The Kier molecular flexibility index (Phi) is 1.71. The molecule has 0 aliphatic rings. The van der Waals surface area contributed by atoms with Crippen molar-refractivity contribution in [3.05, 3.63) is 0 Å². The van der Waals surface area contributed by atoms with E-state index in [2.05, 4.69) is 0 Å². The summed E-state index contributed by atoms with van der Waals surface area (Å²) in [5.74, 6) is 0. The molecule has 0 fully saturated rings. The van der Waals surface area contributed by atoms with E-state index in [1.54, 1.807) is 6.26 Å². The molecular formula is C2H4OS. The predicted octanol–water partition coefficient (Wildman–Crippen LogP) is 0.540. The summed E-state index contributed by atoms with van der Waals surface area (Å²) in [6, 6.07) is 0. The number of carbonyl (C=O) groups excluding carboxylic acids is 1. The highest BCUT2D eigenvalue weighted by molar-refractivity contribution is 8.11. The van der Waals surface area contributed by atoms with Crippen LogP contribution in [0.5, 0.6) is 0 Å². The summed E-state index contributed by atoms with van der Waals surface area (Å²) in [6.07, 6.45) is 1.58. The summed E-state index contributed by atoms with van der Waals surface area (Å²) in [5.41, 5.74) is -0.579. The maximum Gasteiger partial charge on any atom is 0.175 e. The highest BCUT2D eigenvalue weighted by Gasteiger charge is 1.51. The number of thioether (sulfide) groups is 1. The van der Waals surface area contributed by atoms with Gasteiger partial charge in [-0.25, -0.2) is 0 Å². The van der Waals surface area contributed by atoms with Gasteiger partial charge in [0.25, 0.3) is 0 Å². The Morgan fingerprint density at radius 2 is 2.75 bits per heavy atom. The lowest BCUT2D eigenvalue weighted by Crippen LogP contribution is -1.44. The zero-order chi connectivity index (χ0) is 4.28. The van der Waals surface area contributed by atoms with Crippen molar-refractivity contribution in [3.8, 4) is 0 Å². The summed E-state index contributed by atoms with van der Waals surface area (Å²) in [4.78, 5) is 9.44. The van der Waals surface area contributed by atoms with E-state index in [9.17, 15) is 4.79 Å². The zero-order valence-corrected chi connectivity index (χ0v) is 3.13. The van der Waals surface area contributed by atoms with Gasteiger partial charge in [0.15, 0.2) is 5.59 Å². The molecular weight excluding hydrogens is 72.1 g/mol. The fourth-order valence-corrected chi connectivity index (χ4v) is 0. The first-order valence-corrected chi connectivity index (χ1v) is 2.04. The Bertz CT molecular complexity index is 44.9. The van der Waals surface area contributed by atoms with Crippen LogP contribution in [0, 0.1) is 0 Å². The zero-order valence-electron chi connectivity index (χ0n) is 3.32. The van der Waals surface area contributed by atoms with Crippen LogP contribution in [0.25, 0.3) is 0 Å². The van der Waals surface area contributed by atoms with Crippen LogP contribution >= 0.6 is 11.8 Å². The van der Waals surface area contributed by atoms with Gasteiger partial charge in [-0.1, -0.05) is 11.8 Å². The van der Waals surface area contributed by atoms with E-state index in [0.717, 1.165) is 11.8 Å². The molecule has 2 heteroatoms. The van der Waals surface area contributed by atoms with Crippen LogP contribution in [-0.4, -0.2) is 11.9 Å². The normalized spacial score (nSPS) is 9.75. The van der Waals surface area contributed by atoms with Crippen molar-refractivity contribution in [2.24, 2.45) is 0 Å². The lowest BCUT2D eigenvalue weighted by molar-refractivity contribution is 0.570. The molecule has 0 saturated carbocycles. The Labute approximate surface area is 30.8 Å². The van der Waals surface area contributed by atoms with Gasteiger partial charge < -0.3 is 0 Å². The third-order valence-corrected chi connectivity index (χ3v) is 0.250. The van der Waals surface area contributed by atoms with Gasteiger partial charge in [-0.05, 0) is 6.26 Å². The fraction of sp³-hybridized carbons (Fsp3) is 0.500. The van der Waals surface area contributed by atoms with Crippen LogP contribution in [0.15, 0.2) is 0 Å². The van der Waals surface area contributed by atoms with E-state index in [1.165, 1.54) is 0 Å². The van der Waals surface area contributed by atoms with E-state index in [4.69, 9.17) is 1.37 Å². The summed E-state index contributed by atoms with van der Waals surface area (Å²) < 4.78 is 6.15. The van der Waals surface area contributed by atoms with Crippen molar-refractivity contribution in [2.75, 3.05) is 6.26 Å². The smallest absolute Gasteiger partial charge is 0.175 e. The molecule has 0 spiro atoms. The average molecular weight is 77.1 g/mol. The van der Waals surface area contributed by atoms with E-state index in [1.807, 2.05) is 0 Å². The van der Waals surface area contributed by atoms with Crippen molar-refractivity contribution in [3.63, 3.8) is 0 Å². The van der Waals surface area contributed by atoms with Crippen molar-refractivity contribution >= 4 is 17.4 Å². The molecule has 0 aliphatic carbocycles. The van der Waals surface area contributed by atoms with Crippen LogP contribution in [0.1, 0.15) is 1.37 Å². The minimum atomic E-state index is -0.579. The van der Waals surface area contributed by atoms with Crippen molar-refractivity contribution < 1.29 is 6.17 Å². The minimum absolute atomic E-state index is 0.579. The quantitative estimate of drug-likeness (QED) is 0.392. The molecule has 0 N–H and O–H groups in total. The molecule has 0 rings (SSSR count). The molecule has 4 heavy (non-hydrogen) atoms. The molecule has 0 aromatic heterocycles. The largest absolute Gasteiger partial charge is 0.291 e. The summed E-state index contributed by atoms with van der Waals surface area (Å²) in [7, 11) is 0.